The van der Waals surface area contributed by atoms with Gasteiger partial charge >= 0.3 is 16.2 Å². The predicted molar refractivity (Wildman–Crippen MR) is 73.4 cm³/mol. The molecular formula is C12H18N2O4S. The lowest BCUT2D eigenvalue weighted by molar-refractivity contribution is -0.136. The van der Waals surface area contributed by atoms with Crippen LogP contribution >= 0.6 is 0 Å². The molecule has 0 atom stereocenters. The van der Waals surface area contributed by atoms with Gasteiger partial charge in [0.25, 0.3) is 0 Å². The SMILES string of the molecule is Cc1ccccc1N(CCC(=O)O)S(=O)(=O)N(C)C. The topological polar surface area (TPSA) is 77.9 Å². The van der Waals surface area contributed by atoms with E-state index < -0.39 is 16.2 Å². The average Bonchev–Trinajstić information content (AvgIpc) is 2.30. The van der Waals surface area contributed by atoms with Crippen LogP contribution in [0, 0.1) is 6.92 Å². The number of aliphatic carboxylic acids is 1. The molecule has 0 bridgehead atoms. The van der Waals surface area contributed by atoms with Gasteiger partial charge in [-0.25, -0.2) is 0 Å². The van der Waals surface area contributed by atoms with Crippen LogP contribution in [0.2, 0.25) is 0 Å². The van der Waals surface area contributed by atoms with Crippen molar-refractivity contribution in [3.05, 3.63) is 29.8 Å². The summed E-state index contributed by atoms with van der Waals surface area (Å²) in [5.41, 5.74) is 1.27. The fourth-order valence-corrected chi connectivity index (χ4v) is 2.77. The molecule has 7 heteroatoms. The molecule has 0 heterocycles. The van der Waals surface area contributed by atoms with Crippen LogP contribution in [0.5, 0.6) is 0 Å². The Balaban J connectivity index is 3.21. The van der Waals surface area contributed by atoms with E-state index in [-0.39, 0.29) is 13.0 Å². The first-order chi connectivity index (χ1) is 8.76. The second kappa shape index (κ2) is 6.03. The highest BCUT2D eigenvalue weighted by molar-refractivity contribution is 7.90. The molecule has 0 aromatic heterocycles. The van der Waals surface area contributed by atoms with E-state index in [0.717, 1.165) is 14.2 Å². The lowest BCUT2D eigenvalue weighted by Crippen LogP contribution is -2.41. The van der Waals surface area contributed by atoms with E-state index in [4.69, 9.17) is 5.11 Å². The van der Waals surface area contributed by atoms with Crippen molar-refractivity contribution in [3.8, 4) is 0 Å². The first-order valence-corrected chi connectivity index (χ1v) is 7.14. The fourth-order valence-electron chi connectivity index (χ4n) is 1.60. The minimum absolute atomic E-state index is 0.0965. The van der Waals surface area contributed by atoms with Crippen molar-refractivity contribution in [2.45, 2.75) is 13.3 Å². The number of carbonyl (C=O) groups is 1. The van der Waals surface area contributed by atoms with Gasteiger partial charge in [0.15, 0.2) is 0 Å². The van der Waals surface area contributed by atoms with Crippen LogP contribution < -0.4 is 4.31 Å². The second-order valence-corrected chi connectivity index (χ2v) is 6.36. The van der Waals surface area contributed by atoms with Gasteiger partial charge < -0.3 is 5.11 Å². The molecule has 0 aliphatic carbocycles. The van der Waals surface area contributed by atoms with Crippen LogP contribution in [0.4, 0.5) is 5.69 Å². The number of carboxylic acid groups (broad SMARTS) is 1. The van der Waals surface area contributed by atoms with Crippen LogP contribution in [0.3, 0.4) is 0 Å². The van der Waals surface area contributed by atoms with Crippen molar-refractivity contribution in [3.63, 3.8) is 0 Å². The van der Waals surface area contributed by atoms with Crippen molar-refractivity contribution in [1.29, 1.82) is 0 Å². The van der Waals surface area contributed by atoms with Crippen LogP contribution in [-0.2, 0) is 15.0 Å². The van der Waals surface area contributed by atoms with E-state index >= 15 is 0 Å². The number of hydrogen-bond donors (Lipinski definition) is 1. The zero-order valence-corrected chi connectivity index (χ0v) is 12.0. The molecule has 6 nitrogen and oxygen atoms in total. The lowest BCUT2D eigenvalue weighted by Gasteiger charge is -2.28. The van der Waals surface area contributed by atoms with Crippen LogP contribution in [0.15, 0.2) is 24.3 Å². The molecule has 0 spiro atoms. The van der Waals surface area contributed by atoms with E-state index in [1.807, 2.05) is 0 Å². The molecule has 0 radical (unpaired) electrons. The van der Waals surface area contributed by atoms with Crippen molar-refractivity contribution in [2.24, 2.45) is 0 Å². The summed E-state index contributed by atoms with van der Waals surface area (Å²) in [7, 11) is -0.871. The Morgan fingerprint density at radius 2 is 1.84 bits per heavy atom. The Hall–Kier alpha value is -1.60. The van der Waals surface area contributed by atoms with Gasteiger partial charge in [-0.05, 0) is 18.6 Å². The summed E-state index contributed by atoms with van der Waals surface area (Å²) < 4.78 is 26.7. The van der Waals surface area contributed by atoms with Gasteiger partial charge in [-0.3, -0.25) is 9.10 Å². The van der Waals surface area contributed by atoms with Gasteiger partial charge in [0, 0.05) is 20.6 Å². The molecule has 0 unspecified atom stereocenters. The third kappa shape index (κ3) is 3.68. The van der Waals surface area contributed by atoms with E-state index in [9.17, 15) is 13.2 Å². The first kappa shape index (κ1) is 15.5. The number of para-hydroxylation sites is 1. The number of anilines is 1. The van der Waals surface area contributed by atoms with Gasteiger partial charge in [0.2, 0.25) is 0 Å². The highest BCUT2D eigenvalue weighted by Crippen LogP contribution is 2.23. The zero-order chi connectivity index (χ0) is 14.6. The molecule has 0 aliphatic heterocycles. The van der Waals surface area contributed by atoms with E-state index in [0.29, 0.717) is 5.69 Å². The molecule has 0 aliphatic rings. The minimum Gasteiger partial charge on any atom is -0.481 e. The maximum atomic E-state index is 12.3. The Kier molecular flexibility index (Phi) is 4.90. The average molecular weight is 286 g/mol. The first-order valence-electron chi connectivity index (χ1n) is 5.74. The molecule has 0 amide bonds. The molecule has 0 saturated heterocycles. The van der Waals surface area contributed by atoms with Gasteiger partial charge in [0.05, 0.1) is 12.1 Å². The molecule has 1 aromatic rings. The number of rotatable bonds is 6. The standard InChI is InChI=1S/C12H18N2O4S/c1-10-6-4-5-7-11(10)14(9-8-12(15)16)19(17,18)13(2)3/h4-7H,8-9H2,1-3H3,(H,15,16). The Labute approximate surface area is 113 Å². The number of carboxylic acids is 1. The Morgan fingerprint density at radius 3 is 2.32 bits per heavy atom. The van der Waals surface area contributed by atoms with Crippen molar-refractivity contribution in [2.75, 3.05) is 24.9 Å². The number of nitrogens with zero attached hydrogens (tertiary/aromatic N) is 2. The van der Waals surface area contributed by atoms with Crippen molar-refractivity contribution >= 4 is 21.9 Å². The van der Waals surface area contributed by atoms with Crippen LogP contribution in [0.1, 0.15) is 12.0 Å². The summed E-state index contributed by atoms with van der Waals surface area (Å²) in [6.45, 7) is 1.69. The maximum absolute atomic E-state index is 12.3. The van der Waals surface area contributed by atoms with Gasteiger partial charge in [-0.2, -0.15) is 12.7 Å². The number of aryl methyl sites for hydroxylation is 1. The highest BCUT2D eigenvalue weighted by atomic mass is 32.2. The summed E-state index contributed by atoms with van der Waals surface area (Å²) in [6, 6.07) is 6.98. The normalized spacial score (nSPS) is 11.6. The van der Waals surface area contributed by atoms with Gasteiger partial charge in [-0.15, -0.1) is 0 Å². The molecule has 1 rings (SSSR count). The number of benzene rings is 1. The smallest absolute Gasteiger partial charge is 0.305 e. The molecule has 0 saturated carbocycles. The predicted octanol–water partition coefficient (Wildman–Crippen LogP) is 1.08. The quantitative estimate of drug-likeness (QED) is 0.849. The molecular weight excluding hydrogens is 268 g/mol. The third-order valence-corrected chi connectivity index (χ3v) is 4.51. The van der Waals surface area contributed by atoms with E-state index in [1.165, 1.54) is 14.1 Å². The molecule has 1 aromatic carbocycles. The lowest BCUT2D eigenvalue weighted by atomic mass is 10.2. The van der Waals surface area contributed by atoms with E-state index in [2.05, 4.69) is 0 Å². The molecule has 19 heavy (non-hydrogen) atoms. The van der Waals surface area contributed by atoms with E-state index in [1.54, 1.807) is 31.2 Å². The maximum Gasteiger partial charge on any atom is 0.305 e. The molecule has 106 valence electrons. The summed E-state index contributed by atoms with van der Waals surface area (Å²) in [5.74, 6) is -1.03. The summed E-state index contributed by atoms with van der Waals surface area (Å²) in [6.07, 6.45) is -0.249. The van der Waals surface area contributed by atoms with Crippen LogP contribution in [-0.4, -0.2) is 44.4 Å². The monoisotopic (exact) mass is 286 g/mol. The second-order valence-electron chi connectivity index (χ2n) is 4.29. The Bertz CT molecular complexity index is 555. The zero-order valence-electron chi connectivity index (χ0n) is 11.2. The summed E-state index contributed by atoms with van der Waals surface area (Å²) in [5, 5.41) is 8.75. The molecule has 1 N–H and O–H groups in total. The summed E-state index contributed by atoms with van der Waals surface area (Å²) in [4.78, 5) is 10.7. The number of hydrogen-bond acceptors (Lipinski definition) is 3. The fraction of sp³-hybridized carbons (Fsp3) is 0.417. The third-order valence-electron chi connectivity index (χ3n) is 2.65. The largest absolute Gasteiger partial charge is 0.481 e. The minimum atomic E-state index is -3.71. The van der Waals surface area contributed by atoms with Crippen molar-refractivity contribution < 1.29 is 18.3 Å². The summed E-state index contributed by atoms with van der Waals surface area (Å²) >= 11 is 0. The van der Waals surface area contributed by atoms with Crippen molar-refractivity contribution in [1.82, 2.24) is 4.31 Å². The molecule has 0 fully saturated rings. The van der Waals surface area contributed by atoms with Gasteiger partial charge in [0.1, 0.15) is 0 Å². The van der Waals surface area contributed by atoms with Gasteiger partial charge in [-0.1, -0.05) is 18.2 Å². The highest BCUT2D eigenvalue weighted by Gasteiger charge is 2.26. The van der Waals surface area contributed by atoms with Crippen LogP contribution in [0.25, 0.3) is 0 Å². The Morgan fingerprint density at radius 1 is 1.26 bits per heavy atom.